The van der Waals surface area contributed by atoms with Gasteiger partial charge in [-0.1, -0.05) is 19.1 Å². The summed E-state index contributed by atoms with van der Waals surface area (Å²) in [5.74, 6) is -1.09. The first-order chi connectivity index (χ1) is 12.2. The molecule has 26 heavy (non-hydrogen) atoms. The number of halogens is 2. The molecule has 9 heteroatoms. The van der Waals surface area contributed by atoms with Crippen LogP contribution in [0.1, 0.15) is 32.8 Å². The number of carbonyl (C=O) groups is 3. The van der Waals surface area contributed by atoms with Crippen molar-refractivity contribution in [1.29, 1.82) is 0 Å². The van der Waals surface area contributed by atoms with Crippen molar-refractivity contribution in [1.82, 2.24) is 15.5 Å². The lowest BCUT2D eigenvalue weighted by atomic mass is 9.92. The van der Waals surface area contributed by atoms with Gasteiger partial charge in [0.2, 0.25) is 5.91 Å². The van der Waals surface area contributed by atoms with Gasteiger partial charge in [-0.05, 0) is 38.0 Å². The summed E-state index contributed by atoms with van der Waals surface area (Å²) in [5, 5.41) is 5.24. The summed E-state index contributed by atoms with van der Waals surface area (Å²) in [5.41, 5.74) is -1.00. The second kappa shape index (κ2) is 7.67. The topological polar surface area (TPSA) is 87.7 Å². The Labute approximate surface area is 149 Å². The molecule has 2 N–H and O–H groups in total. The largest absolute Gasteiger partial charge is 0.435 e. The number of urea groups is 1. The van der Waals surface area contributed by atoms with E-state index in [4.69, 9.17) is 0 Å². The van der Waals surface area contributed by atoms with Crippen LogP contribution in [-0.2, 0) is 15.1 Å². The monoisotopic (exact) mass is 369 g/mol. The van der Waals surface area contributed by atoms with Crippen LogP contribution in [0.15, 0.2) is 24.3 Å². The average Bonchev–Trinajstić information content (AvgIpc) is 2.79. The highest BCUT2D eigenvalue weighted by Crippen LogP contribution is 2.30. The van der Waals surface area contributed by atoms with Crippen LogP contribution in [0.25, 0.3) is 0 Å². The normalized spacial score (nSPS) is 20.9. The quantitative estimate of drug-likeness (QED) is 0.720. The number of hydrogen-bond acceptors (Lipinski definition) is 4. The van der Waals surface area contributed by atoms with Gasteiger partial charge >= 0.3 is 12.6 Å². The lowest BCUT2D eigenvalue weighted by molar-refractivity contribution is -0.135. The van der Waals surface area contributed by atoms with Crippen LogP contribution in [0.5, 0.6) is 5.75 Å². The molecule has 0 aromatic heterocycles. The third-order valence-electron chi connectivity index (χ3n) is 4.25. The number of nitrogens with zero attached hydrogens (tertiary/aromatic N) is 1. The second-order valence-corrected chi connectivity index (χ2v) is 6.23. The number of imide groups is 1. The fourth-order valence-corrected chi connectivity index (χ4v) is 2.57. The van der Waals surface area contributed by atoms with Gasteiger partial charge in [-0.15, -0.1) is 0 Å². The van der Waals surface area contributed by atoms with Crippen LogP contribution >= 0.6 is 0 Å². The van der Waals surface area contributed by atoms with Crippen molar-refractivity contribution >= 4 is 17.8 Å². The van der Waals surface area contributed by atoms with Gasteiger partial charge in [0.15, 0.2) is 0 Å². The van der Waals surface area contributed by atoms with E-state index in [1.165, 1.54) is 31.2 Å². The number of benzene rings is 1. The van der Waals surface area contributed by atoms with Gasteiger partial charge in [0, 0.05) is 6.04 Å². The zero-order valence-electron chi connectivity index (χ0n) is 14.7. The lowest BCUT2D eigenvalue weighted by Crippen LogP contribution is -2.44. The van der Waals surface area contributed by atoms with Crippen LogP contribution in [0.2, 0.25) is 0 Å². The molecule has 1 aromatic rings. The molecule has 2 rings (SSSR count). The Morgan fingerprint density at radius 3 is 2.46 bits per heavy atom. The Bertz CT molecular complexity index is 696. The Kier molecular flexibility index (Phi) is 5.79. The summed E-state index contributed by atoms with van der Waals surface area (Å²) in [7, 11) is 0. The predicted octanol–water partition coefficient (Wildman–Crippen LogP) is 1.97. The van der Waals surface area contributed by atoms with Crippen molar-refractivity contribution in [2.45, 2.75) is 45.4 Å². The van der Waals surface area contributed by atoms with Gasteiger partial charge in [-0.2, -0.15) is 8.78 Å². The summed E-state index contributed by atoms with van der Waals surface area (Å²) in [6.07, 6.45) is 0.719. The Morgan fingerprint density at radius 1 is 1.31 bits per heavy atom. The number of alkyl halides is 2. The summed E-state index contributed by atoms with van der Waals surface area (Å²) in [6.45, 7) is 1.86. The maximum atomic E-state index is 12.7. The van der Waals surface area contributed by atoms with Crippen molar-refractivity contribution in [2.24, 2.45) is 0 Å². The average molecular weight is 369 g/mol. The van der Waals surface area contributed by atoms with Crippen molar-refractivity contribution in [2.75, 3.05) is 6.54 Å². The zero-order valence-corrected chi connectivity index (χ0v) is 14.7. The molecule has 0 unspecified atom stereocenters. The highest BCUT2D eigenvalue weighted by atomic mass is 19.3. The molecule has 1 fully saturated rings. The number of hydrogen-bond donors (Lipinski definition) is 2. The Balaban J connectivity index is 2.14. The van der Waals surface area contributed by atoms with Gasteiger partial charge in [-0.25, -0.2) is 4.79 Å². The summed E-state index contributed by atoms with van der Waals surface area (Å²) in [4.78, 5) is 37.7. The van der Waals surface area contributed by atoms with E-state index < -0.39 is 36.5 Å². The predicted molar refractivity (Wildman–Crippen MR) is 88.6 cm³/mol. The van der Waals surface area contributed by atoms with E-state index in [-0.39, 0.29) is 11.8 Å². The fourth-order valence-electron chi connectivity index (χ4n) is 2.57. The van der Waals surface area contributed by atoms with E-state index in [9.17, 15) is 23.2 Å². The van der Waals surface area contributed by atoms with Gasteiger partial charge in [-0.3, -0.25) is 14.5 Å². The van der Waals surface area contributed by atoms with Gasteiger partial charge < -0.3 is 15.4 Å². The Hall–Kier alpha value is -2.71. The maximum absolute atomic E-state index is 12.7. The van der Waals surface area contributed by atoms with E-state index in [2.05, 4.69) is 15.4 Å². The minimum Gasteiger partial charge on any atom is -0.435 e. The molecular formula is C17H21F2N3O4. The third kappa shape index (κ3) is 4.09. The van der Waals surface area contributed by atoms with Crippen molar-refractivity contribution < 1.29 is 27.9 Å². The zero-order chi connectivity index (χ0) is 19.5. The van der Waals surface area contributed by atoms with Gasteiger partial charge in [0.05, 0.1) is 0 Å². The maximum Gasteiger partial charge on any atom is 0.387 e. The van der Waals surface area contributed by atoms with Crippen LogP contribution < -0.4 is 15.4 Å². The number of rotatable bonds is 7. The second-order valence-electron chi connectivity index (χ2n) is 6.23. The standard InChI is InChI=1S/C17H21F2N3O4/c1-4-10(2)20-13(23)9-22-14(24)17(3,21-16(22)25)11-5-7-12(8-6-11)26-15(18)19/h5-8,10,15H,4,9H2,1-3H3,(H,20,23)(H,21,25)/t10-,17-/m0/s1. The molecule has 0 aliphatic carbocycles. The minimum absolute atomic E-state index is 0.0612. The van der Waals surface area contributed by atoms with Crippen LogP contribution in [0.3, 0.4) is 0 Å². The third-order valence-corrected chi connectivity index (χ3v) is 4.25. The number of amides is 4. The van der Waals surface area contributed by atoms with E-state index in [1.54, 1.807) is 0 Å². The van der Waals surface area contributed by atoms with Crippen molar-refractivity contribution in [3.05, 3.63) is 29.8 Å². The molecule has 0 bridgehead atoms. The molecule has 0 radical (unpaired) electrons. The molecule has 1 heterocycles. The molecule has 1 saturated heterocycles. The number of ether oxygens (including phenoxy) is 1. The molecule has 4 amide bonds. The molecular weight excluding hydrogens is 348 g/mol. The molecule has 2 atom stereocenters. The summed E-state index contributed by atoms with van der Waals surface area (Å²) in [6, 6.07) is 4.63. The first-order valence-electron chi connectivity index (χ1n) is 8.16. The van der Waals surface area contributed by atoms with E-state index in [0.29, 0.717) is 5.56 Å². The first-order valence-corrected chi connectivity index (χ1v) is 8.16. The number of carbonyl (C=O) groups excluding carboxylic acids is 3. The van der Waals surface area contributed by atoms with E-state index >= 15 is 0 Å². The highest BCUT2D eigenvalue weighted by Gasteiger charge is 2.49. The van der Waals surface area contributed by atoms with Crippen LogP contribution in [0.4, 0.5) is 13.6 Å². The SMILES string of the molecule is CC[C@H](C)NC(=O)CN1C(=O)N[C@@](C)(c2ccc(OC(F)F)cc2)C1=O. The van der Waals surface area contributed by atoms with Crippen molar-refractivity contribution in [3.63, 3.8) is 0 Å². The molecule has 7 nitrogen and oxygen atoms in total. The minimum atomic E-state index is -2.95. The molecule has 0 spiro atoms. The van der Waals surface area contributed by atoms with Gasteiger partial charge in [0.1, 0.15) is 17.8 Å². The smallest absolute Gasteiger partial charge is 0.387 e. The Morgan fingerprint density at radius 2 is 1.92 bits per heavy atom. The summed E-state index contributed by atoms with van der Waals surface area (Å²) < 4.78 is 28.7. The molecule has 1 aliphatic rings. The van der Waals surface area contributed by atoms with E-state index in [1.807, 2.05) is 13.8 Å². The molecule has 0 saturated carbocycles. The van der Waals surface area contributed by atoms with E-state index in [0.717, 1.165) is 11.3 Å². The molecule has 1 aliphatic heterocycles. The fraction of sp³-hybridized carbons (Fsp3) is 0.471. The van der Waals surface area contributed by atoms with Gasteiger partial charge in [0.25, 0.3) is 5.91 Å². The highest BCUT2D eigenvalue weighted by molar-refractivity contribution is 6.09. The van der Waals surface area contributed by atoms with Crippen LogP contribution in [-0.4, -0.2) is 41.9 Å². The van der Waals surface area contributed by atoms with Crippen molar-refractivity contribution in [3.8, 4) is 5.75 Å². The van der Waals surface area contributed by atoms with Crippen LogP contribution in [0, 0.1) is 0 Å². The molecule has 1 aromatic carbocycles. The molecule has 142 valence electrons. The first kappa shape index (κ1) is 19.6. The lowest BCUT2D eigenvalue weighted by Gasteiger charge is -2.22. The summed E-state index contributed by atoms with van der Waals surface area (Å²) >= 11 is 0. The number of nitrogens with one attached hydrogen (secondary N) is 2.